The van der Waals surface area contributed by atoms with Crippen LogP contribution in [-0.4, -0.2) is 25.8 Å². The van der Waals surface area contributed by atoms with Gasteiger partial charge in [-0.3, -0.25) is 0 Å². The van der Waals surface area contributed by atoms with Gasteiger partial charge in [0.05, 0.1) is 0 Å². The van der Waals surface area contributed by atoms with Crippen molar-refractivity contribution in [2.45, 2.75) is 5.03 Å². The summed E-state index contributed by atoms with van der Waals surface area (Å²) in [6, 6.07) is 7.83. The Morgan fingerprint density at radius 3 is 2.68 bits per heavy atom. The van der Waals surface area contributed by atoms with Gasteiger partial charge in [0.2, 0.25) is 11.9 Å². The molecule has 0 amide bonds. The van der Waals surface area contributed by atoms with Crippen LogP contribution in [0.15, 0.2) is 29.3 Å². The van der Waals surface area contributed by atoms with Crippen LogP contribution >= 0.6 is 11.8 Å². The third-order valence-electron chi connectivity index (χ3n) is 2.88. The summed E-state index contributed by atoms with van der Waals surface area (Å²) >= 11 is 1.33. The van der Waals surface area contributed by atoms with Crippen molar-refractivity contribution < 1.29 is 4.39 Å². The van der Waals surface area contributed by atoms with Gasteiger partial charge in [-0.05, 0) is 30.5 Å². The molecule has 2 heterocycles. The van der Waals surface area contributed by atoms with E-state index in [0.29, 0.717) is 27.9 Å². The van der Waals surface area contributed by atoms with Crippen LogP contribution < -0.4 is 11.1 Å². The first-order valence-electron chi connectivity index (χ1n) is 6.15. The largest absolute Gasteiger partial charge is 0.368 e. The van der Waals surface area contributed by atoms with E-state index in [1.807, 2.05) is 6.26 Å². The Morgan fingerprint density at radius 2 is 2.05 bits per heavy atom. The van der Waals surface area contributed by atoms with Crippen molar-refractivity contribution in [1.29, 1.82) is 5.26 Å². The average molecular weight is 315 g/mol. The molecule has 0 spiro atoms. The predicted octanol–water partition coefficient (Wildman–Crippen LogP) is 2.18. The van der Waals surface area contributed by atoms with Crippen LogP contribution in [0.5, 0.6) is 0 Å². The van der Waals surface area contributed by atoms with Crippen LogP contribution in [0, 0.1) is 17.1 Å². The van der Waals surface area contributed by atoms with Gasteiger partial charge in [-0.15, -0.1) is 11.8 Å². The summed E-state index contributed by atoms with van der Waals surface area (Å²) in [5.41, 5.74) is 6.97. The lowest BCUT2D eigenvalue weighted by molar-refractivity contribution is 0.628. The Labute approximate surface area is 129 Å². The molecule has 0 unspecified atom stereocenters. The Balaban J connectivity index is 2.15. The first-order chi connectivity index (χ1) is 10.6. The number of fused-ring (bicyclic) bond motifs is 1. The van der Waals surface area contributed by atoms with Crippen LogP contribution in [0.2, 0.25) is 0 Å². The Kier molecular flexibility index (Phi) is 3.52. The molecule has 1 aromatic carbocycles. The molecule has 0 fully saturated rings. The van der Waals surface area contributed by atoms with Crippen molar-refractivity contribution in [2.75, 3.05) is 17.3 Å². The average Bonchev–Trinajstić information content (AvgIpc) is 2.87. The monoisotopic (exact) mass is 315 g/mol. The van der Waals surface area contributed by atoms with Gasteiger partial charge >= 0.3 is 0 Å². The van der Waals surface area contributed by atoms with E-state index >= 15 is 0 Å². The number of nitrogen functional groups attached to an aromatic ring is 1. The quantitative estimate of drug-likeness (QED) is 0.714. The summed E-state index contributed by atoms with van der Waals surface area (Å²) in [5.74, 6) is -0.0273. The Bertz CT molecular complexity index is 882. The van der Waals surface area contributed by atoms with E-state index in [2.05, 4.69) is 26.5 Å². The molecule has 0 aliphatic carbocycles. The molecule has 3 N–H and O–H groups in total. The number of anilines is 3. The lowest BCUT2D eigenvalue weighted by Crippen LogP contribution is -2.07. The van der Waals surface area contributed by atoms with E-state index in [1.165, 1.54) is 28.4 Å². The normalized spacial score (nSPS) is 10.6. The van der Waals surface area contributed by atoms with Crippen LogP contribution in [0.25, 0.3) is 5.65 Å². The number of nitrogens with one attached hydrogen (secondary N) is 1. The highest BCUT2D eigenvalue weighted by Crippen LogP contribution is 2.25. The number of halogens is 1. The number of nitrogens with two attached hydrogens (primary N) is 1. The van der Waals surface area contributed by atoms with Gasteiger partial charge in [0.25, 0.3) is 0 Å². The number of rotatable bonds is 3. The summed E-state index contributed by atoms with van der Waals surface area (Å²) in [5, 5.41) is 17.1. The van der Waals surface area contributed by atoms with Gasteiger partial charge in [0, 0.05) is 5.69 Å². The lowest BCUT2D eigenvalue weighted by atomic mass is 10.3. The molecule has 9 heteroatoms. The lowest BCUT2D eigenvalue weighted by Gasteiger charge is -2.07. The minimum absolute atomic E-state index is 0.0150. The molecule has 0 bridgehead atoms. The summed E-state index contributed by atoms with van der Waals surface area (Å²) < 4.78 is 14.4. The van der Waals surface area contributed by atoms with Crippen molar-refractivity contribution in [2.24, 2.45) is 0 Å². The highest BCUT2D eigenvalue weighted by atomic mass is 32.2. The van der Waals surface area contributed by atoms with Crippen molar-refractivity contribution in [3.05, 3.63) is 35.6 Å². The molecule has 7 nitrogen and oxygen atoms in total. The number of aromatic nitrogens is 4. The first-order valence-corrected chi connectivity index (χ1v) is 7.37. The zero-order valence-corrected chi connectivity index (χ0v) is 12.2. The predicted molar refractivity (Wildman–Crippen MR) is 81.4 cm³/mol. The minimum atomic E-state index is -0.339. The van der Waals surface area contributed by atoms with Gasteiger partial charge in [-0.1, -0.05) is 0 Å². The summed E-state index contributed by atoms with van der Waals surface area (Å²) in [6.07, 6.45) is 1.81. The second-order valence-corrected chi connectivity index (χ2v) is 5.06. The fraction of sp³-hybridized carbons (Fsp3) is 0.0769. The summed E-state index contributed by atoms with van der Waals surface area (Å²) in [4.78, 5) is 8.15. The molecule has 0 aliphatic heterocycles. The van der Waals surface area contributed by atoms with Crippen LogP contribution in [-0.2, 0) is 0 Å². The topological polar surface area (TPSA) is 105 Å². The molecule has 3 rings (SSSR count). The zero-order chi connectivity index (χ0) is 15.7. The molecule has 0 radical (unpaired) electrons. The van der Waals surface area contributed by atoms with Crippen molar-refractivity contribution in [3.8, 4) is 6.07 Å². The Hall–Kier alpha value is -2.86. The number of thioether (sulfide) groups is 1. The molecule has 0 aliphatic rings. The Morgan fingerprint density at radius 1 is 1.32 bits per heavy atom. The number of nitriles is 1. The molecule has 0 saturated carbocycles. The maximum Gasteiger partial charge on any atom is 0.233 e. The van der Waals surface area contributed by atoms with E-state index in [9.17, 15) is 9.65 Å². The zero-order valence-electron chi connectivity index (χ0n) is 11.4. The van der Waals surface area contributed by atoms with E-state index in [0.717, 1.165) is 0 Å². The molecule has 0 saturated heterocycles. The third kappa shape index (κ3) is 2.40. The van der Waals surface area contributed by atoms with Gasteiger partial charge in [-0.2, -0.15) is 24.8 Å². The molecular weight excluding hydrogens is 305 g/mol. The standard InChI is InChI=1S/C13H10FN7S/c1-22-11-9(6-15)10-18-12(16)19-13(21(10)20-11)17-8-4-2-7(14)3-5-8/h2-5H,1H3,(H3,16,17,18,19). The smallest absolute Gasteiger partial charge is 0.233 e. The van der Waals surface area contributed by atoms with Crippen LogP contribution in [0.4, 0.5) is 22.0 Å². The number of hydrogen-bond acceptors (Lipinski definition) is 7. The van der Waals surface area contributed by atoms with E-state index in [-0.39, 0.29) is 11.8 Å². The molecule has 110 valence electrons. The van der Waals surface area contributed by atoms with E-state index < -0.39 is 0 Å². The highest BCUT2D eigenvalue weighted by molar-refractivity contribution is 7.98. The van der Waals surface area contributed by atoms with Crippen molar-refractivity contribution in [1.82, 2.24) is 19.6 Å². The summed E-state index contributed by atoms with van der Waals surface area (Å²) in [6.45, 7) is 0. The molecule has 0 atom stereocenters. The van der Waals surface area contributed by atoms with Crippen LogP contribution in [0.1, 0.15) is 5.56 Å². The van der Waals surface area contributed by atoms with Crippen molar-refractivity contribution >= 4 is 35.0 Å². The SMILES string of the molecule is CSc1nn2c(Nc3ccc(F)cc3)nc(N)nc2c1C#N. The fourth-order valence-corrected chi connectivity index (χ4v) is 2.42. The number of nitrogens with zero attached hydrogens (tertiary/aromatic N) is 5. The maximum atomic E-state index is 13.0. The van der Waals surface area contributed by atoms with Gasteiger partial charge in [0.1, 0.15) is 22.5 Å². The van der Waals surface area contributed by atoms with E-state index in [4.69, 9.17) is 5.73 Å². The second-order valence-electron chi connectivity index (χ2n) is 4.27. The number of hydrogen-bond donors (Lipinski definition) is 2. The second kappa shape index (κ2) is 5.50. The summed E-state index contributed by atoms with van der Waals surface area (Å²) in [7, 11) is 0. The van der Waals surface area contributed by atoms with E-state index in [1.54, 1.807) is 12.1 Å². The van der Waals surface area contributed by atoms with Gasteiger partial charge < -0.3 is 11.1 Å². The minimum Gasteiger partial charge on any atom is -0.368 e. The van der Waals surface area contributed by atoms with Crippen molar-refractivity contribution in [3.63, 3.8) is 0 Å². The molecule has 22 heavy (non-hydrogen) atoms. The first kappa shape index (κ1) is 14.1. The molecule has 3 aromatic rings. The molecular formula is C13H10FN7S. The fourth-order valence-electron chi connectivity index (χ4n) is 1.91. The molecule has 2 aromatic heterocycles. The number of benzene rings is 1. The highest BCUT2D eigenvalue weighted by Gasteiger charge is 2.17. The van der Waals surface area contributed by atoms with Gasteiger partial charge in [-0.25, -0.2) is 4.39 Å². The van der Waals surface area contributed by atoms with Gasteiger partial charge in [0.15, 0.2) is 5.65 Å². The third-order valence-corrected chi connectivity index (χ3v) is 3.55. The maximum absolute atomic E-state index is 13.0. The van der Waals surface area contributed by atoms with Crippen LogP contribution in [0.3, 0.4) is 0 Å².